The van der Waals surface area contributed by atoms with Crippen LogP contribution < -0.4 is 5.73 Å². The van der Waals surface area contributed by atoms with Crippen LogP contribution in [0, 0.1) is 5.82 Å². The van der Waals surface area contributed by atoms with Gasteiger partial charge < -0.3 is 15.0 Å². The van der Waals surface area contributed by atoms with Gasteiger partial charge in [-0.25, -0.2) is 9.18 Å². The van der Waals surface area contributed by atoms with Crippen molar-refractivity contribution in [2.45, 2.75) is 5.75 Å². The number of hydrogen-bond acceptors (Lipinski definition) is 5. The molecule has 3 aromatic rings. The average Bonchev–Trinajstić information content (AvgIpc) is 2.99. The standard InChI is InChI=1S/C19H17FN2O4S/c1-26-19(23)16-10-17(13-4-2-12(3-5-13)11-27(24)25)22(18(16)21)15-8-6-14(20)7-9-15/h2-10H,11,21H2,1H3,(H,24,25)/p-1. The molecule has 0 saturated carbocycles. The Morgan fingerprint density at radius 3 is 2.37 bits per heavy atom. The Hall–Kier alpha value is -2.97. The highest BCUT2D eigenvalue weighted by molar-refractivity contribution is 7.78. The molecule has 0 bridgehead atoms. The first-order valence-electron chi connectivity index (χ1n) is 7.91. The lowest BCUT2D eigenvalue weighted by Gasteiger charge is -2.12. The topological polar surface area (TPSA) is 97.4 Å². The maximum Gasteiger partial charge on any atom is 0.341 e. The van der Waals surface area contributed by atoms with Gasteiger partial charge >= 0.3 is 5.97 Å². The molecule has 0 saturated heterocycles. The second-order valence-electron chi connectivity index (χ2n) is 5.78. The molecule has 2 N–H and O–H groups in total. The molecular formula is C19H16FN2O4S-. The molecule has 8 heteroatoms. The number of anilines is 1. The summed E-state index contributed by atoms with van der Waals surface area (Å²) < 4.78 is 41.4. The molecule has 0 fully saturated rings. The van der Waals surface area contributed by atoms with E-state index >= 15 is 0 Å². The zero-order chi connectivity index (χ0) is 19.6. The van der Waals surface area contributed by atoms with Crippen molar-refractivity contribution < 1.29 is 22.7 Å². The summed E-state index contributed by atoms with van der Waals surface area (Å²) in [5, 5.41) is 0. The molecule has 1 unspecified atom stereocenters. The van der Waals surface area contributed by atoms with Crippen molar-refractivity contribution in [2.75, 3.05) is 12.8 Å². The number of methoxy groups -OCH3 is 1. The number of ether oxygens (including phenoxy) is 1. The summed E-state index contributed by atoms with van der Waals surface area (Å²) in [5.74, 6) is -0.912. The van der Waals surface area contributed by atoms with Crippen LogP contribution in [0.3, 0.4) is 0 Å². The van der Waals surface area contributed by atoms with E-state index in [1.165, 1.54) is 19.2 Å². The number of carbonyl (C=O) groups is 1. The molecule has 0 radical (unpaired) electrons. The second kappa shape index (κ2) is 7.73. The molecule has 0 aliphatic carbocycles. The fourth-order valence-electron chi connectivity index (χ4n) is 2.79. The third kappa shape index (κ3) is 3.91. The van der Waals surface area contributed by atoms with Crippen LogP contribution in [-0.4, -0.2) is 26.4 Å². The molecule has 0 aliphatic rings. The summed E-state index contributed by atoms with van der Waals surface area (Å²) >= 11 is -2.18. The zero-order valence-corrected chi connectivity index (χ0v) is 15.2. The summed E-state index contributed by atoms with van der Waals surface area (Å²) in [6.45, 7) is 0. The fourth-order valence-corrected chi connectivity index (χ4v) is 3.25. The molecule has 1 heterocycles. The van der Waals surface area contributed by atoms with Crippen LogP contribution in [0.5, 0.6) is 0 Å². The van der Waals surface area contributed by atoms with Gasteiger partial charge in [0.25, 0.3) is 0 Å². The summed E-state index contributed by atoms with van der Waals surface area (Å²) in [6.07, 6.45) is 0. The Morgan fingerprint density at radius 1 is 1.19 bits per heavy atom. The number of hydrogen-bond donors (Lipinski definition) is 1. The fraction of sp³-hybridized carbons (Fsp3) is 0.105. The highest BCUT2D eigenvalue weighted by atomic mass is 32.2. The molecule has 6 nitrogen and oxygen atoms in total. The van der Waals surface area contributed by atoms with Crippen molar-refractivity contribution in [2.24, 2.45) is 0 Å². The van der Waals surface area contributed by atoms with Gasteiger partial charge in [-0.15, -0.1) is 0 Å². The summed E-state index contributed by atoms with van der Waals surface area (Å²) in [4.78, 5) is 12.0. The van der Waals surface area contributed by atoms with Crippen molar-refractivity contribution in [3.8, 4) is 16.9 Å². The average molecular weight is 387 g/mol. The maximum absolute atomic E-state index is 13.3. The quantitative estimate of drug-likeness (QED) is 0.536. The number of nitrogen functional groups attached to an aromatic ring is 1. The van der Waals surface area contributed by atoms with E-state index in [0.717, 1.165) is 0 Å². The SMILES string of the molecule is COC(=O)c1cc(-c2ccc(CS(=O)[O-])cc2)n(-c2ccc(F)cc2)c1N. The summed E-state index contributed by atoms with van der Waals surface area (Å²) in [6, 6.07) is 14.1. The van der Waals surface area contributed by atoms with Crippen LogP contribution >= 0.6 is 0 Å². The normalized spacial score (nSPS) is 12.0. The number of benzene rings is 2. The first-order valence-corrected chi connectivity index (χ1v) is 9.15. The van der Waals surface area contributed by atoms with Crippen molar-refractivity contribution in [3.63, 3.8) is 0 Å². The number of halogens is 1. The summed E-state index contributed by atoms with van der Waals surface area (Å²) in [7, 11) is 1.26. The third-order valence-corrected chi connectivity index (χ3v) is 4.63. The van der Waals surface area contributed by atoms with E-state index in [-0.39, 0.29) is 17.1 Å². The molecule has 1 aromatic heterocycles. The van der Waals surface area contributed by atoms with Crippen LogP contribution in [0.25, 0.3) is 16.9 Å². The van der Waals surface area contributed by atoms with Gasteiger partial charge in [-0.05, 0) is 41.5 Å². The number of rotatable bonds is 5. The number of carbonyl (C=O) groups excluding carboxylic acids is 1. The first kappa shape index (κ1) is 18.8. The molecule has 27 heavy (non-hydrogen) atoms. The van der Waals surface area contributed by atoms with Crippen LogP contribution in [0.4, 0.5) is 10.2 Å². The Labute approximate surface area is 157 Å². The van der Waals surface area contributed by atoms with E-state index in [2.05, 4.69) is 0 Å². The third-order valence-electron chi connectivity index (χ3n) is 4.06. The molecule has 1 atom stereocenters. The lowest BCUT2D eigenvalue weighted by molar-refractivity contribution is 0.0602. The lowest BCUT2D eigenvalue weighted by atomic mass is 10.1. The van der Waals surface area contributed by atoms with E-state index in [1.807, 2.05) is 0 Å². The van der Waals surface area contributed by atoms with Crippen LogP contribution in [0.2, 0.25) is 0 Å². The number of nitrogens with zero attached hydrogens (tertiary/aromatic N) is 1. The van der Waals surface area contributed by atoms with E-state index < -0.39 is 22.9 Å². The minimum absolute atomic E-state index is 0.0885. The first-order chi connectivity index (χ1) is 12.9. The second-order valence-corrected chi connectivity index (χ2v) is 6.67. The Kier molecular flexibility index (Phi) is 5.38. The summed E-state index contributed by atoms with van der Waals surface area (Å²) in [5.41, 5.74) is 8.86. The number of nitrogens with two attached hydrogens (primary N) is 1. The molecule has 3 rings (SSSR count). The molecule has 2 aromatic carbocycles. The van der Waals surface area contributed by atoms with Gasteiger partial charge in [-0.2, -0.15) is 0 Å². The predicted octanol–water partition coefficient (Wildman–Crippen LogP) is 3.03. The Morgan fingerprint density at radius 2 is 1.81 bits per heavy atom. The van der Waals surface area contributed by atoms with Gasteiger partial charge in [-0.1, -0.05) is 35.3 Å². The minimum Gasteiger partial charge on any atom is -0.772 e. The minimum atomic E-state index is -2.18. The molecular weight excluding hydrogens is 371 g/mol. The van der Waals surface area contributed by atoms with Crippen molar-refractivity contribution in [1.82, 2.24) is 4.57 Å². The van der Waals surface area contributed by atoms with Gasteiger partial charge in [-0.3, -0.25) is 8.78 Å². The molecule has 0 amide bonds. The van der Waals surface area contributed by atoms with Crippen molar-refractivity contribution in [3.05, 3.63) is 71.5 Å². The van der Waals surface area contributed by atoms with E-state index in [4.69, 9.17) is 10.5 Å². The van der Waals surface area contributed by atoms with E-state index in [0.29, 0.717) is 22.5 Å². The van der Waals surface area contributed by atoms with E-state index in [9.17, 15) is 17.9 Å². The van der Waals surface area contributed by atoms with Crippen LogP contribution in [0.1, 0.15) is 15.9 Å². The molecule has 140 valence electrons. The zero-order valence-electron chi connectivity index (χ0n) is 14.3. The predicted molar refractivity (Wildman–Crippen MR) is 99.5 cm³/mol. The Balaban J connectivity index is 2.14. The van der Waals surface area contributed by atoms with Gasteiger partial charge in [0.1, 0.15) is 17.2 Å². The van der Waals surface area contributed by atoms with Gasteiger partial charge in [0.15, 0.2) is 0 Å². The van der Waals surface area contributed by atoms with Crippen molar-refractivity contribution in [1.29, 1.82) is 0 Å². The maximum atomic E-state index is 13.3. The smallest absolute Gasteiger partial charge is 0.341 e. The van der Waals surface area contributed by atoms with E-state index in [1.54, 1.807) is 47.0 Å². The van der Waals surface area contributed by atoms with Crippen LogP contribution in [-0.2, 0) is 21.6 Å². The Bertz CT molecular complexity index is 998. The van der Waals surface area contributed by atoms with Gasteiger partial charge in [0, 0.05) is 11.4 Å². The number of esters is 1. The van der Waals surface area contributed by atoms with Gasteiger partial charge in [0.05, 0.1) is 12.8 Å². The number of aromatic nitrogens is 1. The van der Waals surface area contributed by atoms with Crippen molar-refractivity contribution >= 4 is 22.9 Å². The lowest BCUT2D eigenvalue weighted by Crippen LogP contribution is -2.07. The monoisotopic (exact) mass is 387 g/mol. The highest BCUT2D eigenvalue weighted by Crippen LogP contribution is 2.32. The van der Waals surface area contributed by atoms with Crippen LogP contribution in [0.15, 0.2) is 54.6 Å². The largest absolute Gasteiger partial charge is 0.772 e. The highest BCUT2D eigenvalue weighted by Gasteiger charge is 2.21. The van der Waals surface area contributed by atoms with Gasteiger partial charge in [0.2, 0.25) is 0 Å². The molecule has 0 spiro atoms. The molecule has 0 aliphatic heterocycles.